The summed E-state index contributed by atoms with van der Waals surface area (Å²) in [6.07, 6.45) is 2.03. The Bertz CT molecular complexity index is 282. The van der Waals surface area contributed by atoms with Crippen LogP contribution in [0.4, 0.5) is 4.79 Å². The number of carboxylic acid groups (broad SMARTS) is 1. The molecule has 0 spiro atoms. The first-order chi connectivity index (χ1) is 8.92. The van der Waals surface area contributed by atoms with E-state index in [0.717, 1.165) is 19.4 Å². The molecule has 0 aromatic rings. The lowest BCUT2D eigenvalue weighted by atomic mass is 10.2. The molecule has 0 unspecified atom stereocenters. The summed E-state index contributed by atoms with van der Waals surface area (Å²) in [5.41, 5.74) is 0. The zero-order valence-corrected chi connectivity index (χ0v) is 12.5. The maximum absolute atomic E-state index is 12.1. The maximum atomic E-state index is 12.1. The van der Waals surface area contributed by atoms with Crippen LogP contribution in [-0.2, 0) is 4.79 Å². The Labute approximate surface area is 115 Å². The van der Waals surface area contributed by atoms with E-state index in [9.17, 15) is 9.59 Å². The Morgan fingerprint density at radius 2 is 1.74 bits per heavy atom. The number of likely N-dealkylation sites (N-methyl/N-ethyl adjacent to an activating group) is 1. The van der Waals surface area contributed by atoms with E-state index < -0.39 is 12.0 Å². The van der Waals surface area contributed by atoms with Crippen molar-refractivity contribution in [3.63, 3.8) is 0 Å². The Balaban J connectivity index is 4.47. The zero-order valence-electron chi connectivity index (χ0n) is 12.5. The number of urea groups is 1. The number of carbonyl (C=O) groups is 2. The molecule has 0 rings (SSSR count). The number of nitrogens with zero attached hydrogens (tertiary/aromatic N) is 2. The lowest BCUT2D eigenvalue weighted by Crippen LogP contribution is -2.49. The number of carboxylic acids is 1. The van der Waals surface area contributed by atoms with Crippen LogP contribution in [0.3, 0.4) is 0 Å². The van der Waals surface area contributed by atoms with Gasteiger partial charge in [0.25, 0.3) is 0 Å². The highest BCUT2D eigenvalue weighted by atomic mass is 16.4. The normalized spacial score (nSPS) is 12.3. The maximum Gasteiger partial charge on any atom is 0.326 e. The fourth-order valence-corrected chi connectivity index (χ4v) is 1.69. The van der Waals surface area contributed by atoms with Crippen LogP contribution < -0.4 is 5.32 Å². The zero-order chi connectivity index (χ0) is 14.8. The van der Waals surface area contributed by atoms with Crippen LogP contribution in [0.15, 0.2) is 0 Å². The highest BCUT2D eigenvalue weighted by molar-refractivity contribution is 5.82. The molecular formula is C13H27N3O3. The molecule has 0 aliphatic carbocycles. The molecule has 1 atom stereocenters. The molecule has 0 radical (unpaired) electrons. The van der Waals surface area contributed by atoms with Gasteiger partial charge in [-0.25, -0.2) is 9.59 Å². The molecule has 2 amide bonds. The summed E-state index contributed by atoms with van der Waals surface area (Å²) in [5, 5.41) is 11.6. The van der Waals surface area contributed by atoms with Crippen molar-refractivity contribution in [2.75, 3.05) is 33.7 Å². The molecule has 6 heteroatoms. The second-order valence-electron chi connectivity index (χ2n) is 4.92. The van der Waals surface area contributed by atoms with Crippen molar-refractivity contribution in [2.45, 2.75) is 39.2 Å². The number of hydrogen-bond acceptors (Lipinski definition) is 3. The van der Waals surface area contributed by atoms with E-state index in [4.69, 9.17) is 5.11 Å². The third-order valence-corrected chi connectivity index (χ3v) is 2.77. The molecule has 0 saturated heterocycles. The first kappa shape index (κ1) is 17.7. The number of aliphatic carboxylic acids is 1. The van der Waals surface area contributed by atoms with Crippen LogP contribution in [0.1, 0.15) is 33.1 Å². The standard InChI is InChI=1S/C13H27N3O3/c1-5-7-11(12(17)18)14-13(19)16(8-6-2)10-9-15(3)4/h11H,5-10H2,1-4H3,(H,14,19)(H,17,18)/t11-/m0/s1. The summed E-state index contributed by atoms with van der Waals surface area (Å²) < 4.78 is 0. The fourth-order valence-electron chi connectivity index (χ4n) is 1.69. The molecule has 0 aliphatic rings. The summed E-state index contributed by atoms with van der Waals surface area (Å²) in [5.74, 6) is -0.973. The van der Waals surface area contributed by atoms with Gasteiger partial charge in [-0.15, -0.1) is 0 Å². The van der Waals surface area contributed by atoms with Crippen LogP contribution in [0.25, 0.3) is 0 Å². The minimum absolute atomic E-state index is 0.287. The van der Waals surface area contributed by atoms with Crippen molar-refractivity contribution in [3.05, 3.63) is 0 Å². The second-order valence-corrected chi connectivity index (χ2v) is 4.92. The van der Waals surface area contributed by atoms with Gasteiger partial charge < -0.3 is 20.2 Å². The SMILES string of the molecule is CCC[C@H](NC(=O)N(CCC)CCN(C)C)C(=O)O. The summed E-state index contributed by atoms with van der Waals surface area (Å²) in [7, 11) is 3.89. The van der Waals surface area contributed by atoms with Gasteiger partial charge in [0.2, 0.25) is 0 Å². The van der Waals surface area contributed by atoms with E-state index in [0.29, 0.717) is 19.5 Å². The van der Waals surface area contributed by atoms with Gasteiger partial charge in [0.15, 0.2) is 0 Å². The van der Waals surface area contributed by atoms with Gasteiger partial charge in [-0.1, -0.05) is 20.3 Å². The van der Waals surface area contributed by atoms with Gasteiger partial charge in [-0.2, -0.15) is 0 Å². The number of nitrogens with one attached hydrogen (secondary N) is 1. The molecule has 0 heterocycles. The number of rotatable bonds is 9. The van der Waals surface area contributed by atoms with E-state index in [1.54, 1.807) is 4.90 Å². The molecule has 6 nitrogen and oxygen atoms in total. The molecule has 0 aromatic heterocycles. The van der Waals surface area contributed by atoms with Crippen molar-refractivity contribution < 1.29 is 14.7 Å². The third kappa shape index (κ3) is 7.66. The number of hydrogen-bond donors (Lipinski definition) is 2. The van der Waals surface area contributed by atoms with Gasteiger partial charge in [0.05, 0.1) is 0 Å². The first-order valence-electron chi connectivity index (χ1n) is 6.85. The molecule has 0 fully saturated rings. The predicted octanol–water partition coefficient (Wildman–Crippen LogP) is 1.22. The molecule has 2 N–H and O–H groups in total. The second kappa shape index (κ2) is 9.61. The van der Waals surface area contributed by atoms with Crippen LogP contribution in [-0.4, -0.2) is 66.7 Å². The molecular weight excluding hydrogens is 246 g/mol. The van der Waals surface area contributed by atoms with Gasteiger partial charge in [0.1, 0.15) is 6.04 Å². The van der Waals surface area contributed by atoms with Crippen LogP contribution in [0.5, 0.6) is 0 Å². The quantitative estimate of drug-likeness (QED) is 0.662. The Morgan fingerprint density at radius 1 is 1.11 bits per heavy atom. The predicted molar refractivity (Wildman–Crippen MR) is 75.3 cm³/mol. The van der Waals surface area contributed by atoms with Gasteiger partial charge in [0, 0.05) is 19.6 Å². The van der Waals surface area contributed by atoms with Crippen LogP contribution >= 0.6 is 0 Å². The smallest absolute Gasteiger partial charge is 0.326 e. The topological polar surface area (TPSA) is 72.9 Å². The highest BCUT2D eigenvalue weighted by Gasteiger charge is 2.21. The molecule has 0 saturated carbocycles. The monoisotopic (exact) mass is 273 g/mol. The minimum Gasteiger partial charge on any atom is -0.480 e. The van der Waals surface area contributed by atoms with E-state index in [1.165, 1.54) is 0 Å². The lowest BCUT2D eigenvalue weighted by Gasteiger charge is -2.26. The number of carbonyl (C=O) groups excluding carboxylic acids is 1. The molecule has 0 aliphatic heterocycles. The van der Waals surface area contributed by atoms with Gasteiger partial charge >= 0.3 is 12.0 Å². The van der Waals surface area contributed by atoms with Crippen molar-refractivity contribution in [1.29, 1.82) is 0 Å². The summed E-state index contributed by atoms with van der Waals surface area (Å²) in [6, 6.07) is -1.08. The first-order valence-corrected chi connectivity index (χ1v) is 6.85. The fraction of sp³-hybridized carbons (Fsp3) is 0.846. The summed E-state index contributed by atoms with van der Waals surface area (Å²) in [4.78, 5) is 26.8. The molecule has 112 valence electrons. The summed E-state index contributed by atoms with van der Waals surface area (Å²) in [6.45, 7) is 5.90. The number of amides is 2. The van der Waals surface area contributed by atoms with Gasteiger partial charge in [-0.05, 0) is 26.9 Å². The van der Waals surface area contributed by atoms with E-state index >= 15 is 0 Å². The van der Waals surface area contributed by atoms with Crippen LogP contribution in [0, 0.1) is 0 Å². The van der Waals surface area contributed by atoms with Crippen LogP contribution in [0.2, 0.25) is 0 Å². The van der Waals surface area contributed by atoms with E-state index in [-0.39, 0.29) is 6.03 Å². The van der Waals surface area contributed by atoms with Crippen molar-refractivity contribution in [2.24, 2.45) is 0 Å². The molecule has 19 heavy (non-hydrogen) atoms. The molecule has 0 bridgehead atoms. The largest absolute Gasteiger partial charge is 0.480 e. The molecule has 0 aromatic carbocycles. The lowest BCUT2D eigenvalue weighted by molar-refractivity contribution is -0.139. The Kier molecular flexibility index (Phi) is 8.95. The van der Waals surface area contributed by atoms with E-state index in [2.05, 4.69) is 5.32 Å². The van der Waals surface area contributed by atoms with E-state index in [1.807, 2.05) is 32.8 Å². The third-order valence-electron chi connectivity index (χ3n) is 2.77. The van der Waals surface area contributed by atoms with Gasteiger partial charge in [-0.3, -0.25) is 0 Å². The average Bonchev–Trinajstić information content (AvgIpc) is 2.33. The van der Waals surface area contributed by atoms with Crippen molar-refractivity contribution >= 4 is 12.0 Å². The summed E-state index contributed by atoms with van der Waals surface area (Å²) >= 11 is 0. The minimum atomic E-state index is -0.973. The Hall–Kier alpha value is -1.30. The average molecular weight is 273 g/mol. The Morgan fingerprint density at radius 3 is 2.16 bits per heavy atom. The van der Waals surface area contributed by atoms with Crippen molar-refractivity contribution in [3.8, 4) is 0 Å². The highest BCUT2D eigenvalue weighted by Crippen LogP contribution is 2.00. The van der Waals surface area contributed by atoms with Crippen molar-refractivity contribution in [1.82, 2.24) is 15.1 Å².